The Kier molecular flexibility index (Phi) is 6.81. The van der Waals surface area contributed by atoms with Gasteiger partial charge in [-0.15, -0.1) is 12.4 Å². The fourth-order valence-corrected chi connectivity index (χ4v) is 1.88. The van der Waals surface area contributed by atoms with Crippen molar-refractivity contribution in [3.05, 3.63) is 75.8 Å². The maximum atomic E-state index is 10.5. The molecule has 1 atom stereocenters. The Morgan fingerprint density at radius 1 is 1.10 bits per heavy atom. The van der Waals surface area contributed by atoms with Crippen LogP contribution < -0.4 is 5.32 Å². The molecule has 0 bridgehead atoms. The van der Waals surface area contributed by atoms with Crippen molar-refractivity contribution < 1.29 is 10.0 Å². The molecule has 0 radical (unpaired) electrons. The van der Waals surface area contributed by atoms with E-state index in [-0.39, 0.29) is 18.1 Å². The summed E-state index contributed by atoms with van der Waals surface area (Å²) in [5.41, 5.74) is 1.89. The normalized spacial score (nSPS) is 11.5. The summed E-state index contributed by atoms with van der Waals surface area (Å²) < 4.78 is 0. The molecule has 112 valence electrons. The highest BCUT2D eigenvalue weighted by molar-refractivity contribution is 5.85. The third-order valence-electron chi connectivity index (χ3n) is 3.00. The fourth-order valence-electron chi connectivity index (χ4n) is 1.88. The molecule has 0 aliphatic heterocycles. The summed E-state index contributed by atoms with van der Waals surface area (Å²) in [4.78, 5) is 10.1. The van der Waals surface area contributed by atoms with E-state index in [1.807, 2.05) is 30.3 Å². The number of nitrogens with zero attached hydrogens (tertiary/aromatic N) is 1. The van der Waals surface area contributed by atoms with Gasteiger partial charge in [0.25, 0.3) is 5.69 Å². The molecule has 2 rings (SSSR count). The third-order valence-corrected chi connectivity index (χ3v) is 3.00. The minimum Gasteiger partial charge on any atom is -0.387 e. The van der Waals surface area contributed by atoms with Crippen molar-refractivity contribution in [2.45, 2.75) is 12.6 Å². The van der Waals surface area contributed by atoms with Crippen molar-refractivity contribution in [3.63, 3.8) is 0 Å². The van der Waals surface area contributed by atoms with Crippen molar-refractivity contribution in [2.24, 2.45) is 0 Å². The topological polar surface area (TPSA) is 75.4 Å². The van der Waals surface area contributed by atoms with Gasteiger partial charge in [-0.3, -0.25) is 10.1 Å². The summed E-state index contributed by atoms with van der Waals surface area (Å²) in [6.45, 7) is 0.989. The number of aliphatic hydroxyl groups is 1. The van der Waals surface area contributed by atoms with Crippen LogP contribution in [-0.2, 0) is 6.54 Å². The molecule has 0 aliphatic rings. The van der Waals surface area contributed by atoms with Gasteiger partial charge in [0.1, 0.15) is 0 Å². The average Bonchev–Trinajstić information content (AvgIpc) is 2.48. The van der Waals surface area contributed by atoms with Gasteiger partial charge in [-0.25, -0.2) is 0 Å². The number of non-ortho nitro benzene ring substituents is 1. The van der Waals surface area contributed by atoms with Crippen LogP contribution in [-0.4, -0.2) is 16.6 Å². The highest BCUT2D eigenvalue weighted by Crippen LogP contribution is 2.13. The van der Waals surface area contributed by atoms with Crippen molar-refractivity contribution in [2.75, 3.05) is 6.54 Å². The molecule has 0 amide bonds. The van der Waals surface area contributed by atoms with E-state index in [9.17, 15) is 15.2 Å². The first kappa shape index (κ1) is 17.1. The van der Waals surface area contributed by atoms with Crippen molar-refractivity contribution in [3.8, 4) is 0 Å². The highest BCUT2D eigenvalue weighted by atomic mass is 35.5. The highest BCUT2D eigenvalue weighted by Gasteiger charge is 2.07. The molecule has 2 aromatic carbocycles. The molecule has 2 N–H and O–H groups in total. The van der Waals surface area contributed by atoms with E-state index < -0.39 is 11.0 Å². The molecule has 0 aliphatic carbocycles. The maximum Gasteiger partial charge on any atom is 0.269 e. The molecular weight excluding hydrogens is 292 g/mol. The van der Waals surface area contributed by atoms with Crippen LogP contribution in [0.1, 0.15) is 17.2 Å². The first-order chi connectivity index (χ1) is 9.66. The molecular formula is C15H17ClN2O3. The van der Waals surface area contributed by atoms with Crippen LogP contribution in [0.15, 0.2) is 54.6 Å². The number of nitro groups is 1. The number of hydrogen-bond acceptors (Lipinski definition) is 4. The Labute approximate surface area is 129 Å². The maximum absolute atomic E-state index is 10.5. The predicted octanol–water partition coefficient (Wildman–Crippen LogP) is 2.84. The summed E-state index contributed by atoms with van der Waals surface area (Å²) in [6.07, 6.45) is -0.561. The quantitative estimate of drug-likeness (QED) is 0.635. The Bertz CT molecular complexity index is 561. The van der Waals surface area contributed by atoms with Gasteiger partial charge in [0.15, 0.2) is 0 Å². The Morgan fingerprint density at radius 2 is 1.71 bits per heavy atom. The zero-order valence-electron chi connectivity index (χ0n) is 11.3. The summed E-state index contributed by atoms with van der Waals surface area (Å²) in [5, 5.41) is 23.6. The number of rotatable bonds is 6. The van der Waals surface area contributed by atoms with Gasteiger partial charge in [-0.05, 0) is 11.1 Å². The zero-order chi connectivity index (χ0) is 14.4. The van der Waals surface area contributed by atoms with Crippen molar-refractivity contribution >= 4 is 18.1 Å². The largest absolute Gasteiger partial charge is 0.387 e. The van der Waals surface area contributed by atoms with Crippen LogP contribution in [0, 0.1) is 10.1 Å². The number of aliphatic hydroxyl groups excluding tert-OH is 1. The second-order valence-corrected chi connectivity index (χ2v) is 4.48. The first-order valence-corrected chi connectivity index (χ1v) is 6.34. The lowest BCUT2D eigenvalue weighted by Crippen LogP contribution is -2.21. The van der Waals surface area contributed by atoms with E-state index >= 15 is 0 Å². The van der Waals surface area contributed by atoms with Crippen LogP contribution in [0.2, 0.25) is 0 Å². The van der Waals surface area contributed by atoms with E-state index in [0.29, 0.717) is 13.1 Å². The van der Waals surface area contributed by atoms with E-state index in [4.69, 9.17) is 0 Å². The van der Waals surface area contributed by atoms with Crippen LogP contribution in [0.5, 0.6) is 0 Å². The third kappa shape index (κ3) is 5.15. The number of benzene rings is 2. The van der Waals surface area contributed by atoms with Crippen LogP contribution in [0.3, 0.4) is 0 Å². The lowest BCUT2D eigenvalue weighted by Gasteiger charge is -2.12. The number of nitrogens with one attached hydrogen (secondary N) is 1. The molecule has 0 saturated carbocycles. The molecule has 1 unspecified atom stereocenters. The molecule has 0 heterocycles. The van der Waals surface area contributed by atoms with E-state index in [1.165, 1.54) is 12.1 Å². The molecule has 0 fully saturated rings. The second-order valence-electron chi connectivity index (χ2n) is 4.48. The standard InChI is InChI=1S/C15H16N2O3.ClH/c18-15(13-4-2-1-3-5-13)11-16-10-12-6-8-14(9-7-12)17(19)20;/h1-9,15-16,18H,10-11H2;1H. The van der Waals surface area contributed by atoms with E-state index in [2.05, 4.69) is 5.32 Å². The molecule has 21 heavy (non-hydrogen) atoms. The first-order valence-electron chi connectivity index (χ1n) is 6.34. The minimum atomic E-state index is -0.561. The smallest absolute Gasteiger partial charge is 0.269 e. The summed E-state index contributed by atoms with van der Waals surface area (Å²) in [5.74, 6) is 0. The number of nitro benzene ring substituents is 1. The lowest BCUT2D eigenvalue weighted by molar-refractivity contribution is -0.384. The van der Waals surface area contributed by atoms with E-state index in [0.717, 1.165) is 11.1 Å². The average molecular weight is 309 g/mol. The van der Waals surface area contributed by atoms with Crippen LogP contribution in [0.4, 0.5) is 5.69 Å². The fraction of sp³-hybridized carbons (Fsp3) is 0.200. The van der Waals surface area contributed by atoms with Gasteiger partial charge in [0.05, 0.1) is 11.0 Å². The van der Waals surface area contributed by atoms with Crippen molar-refractivity contribution in [1.29, 1.82) is 0 Å². The van der Waals surface area contributed by atoms with Crippen molar-refractivity contribution in [1.82, 2.24) is 5.32 Å². The SMILES string of the molecule is Cl.O=[N+]([O-])c1ccc(CNCC(O)c2ccccc2)cc1. The van der Waals surface area contributed by atoms with E-state index in [1.54, 1.807) is 12.1 Å². The molecule has 0 saturated heterocycles. The zero-order valence-corrected chi connectivity index (χ0v) is 12.1. The van der Waals surface area contributed by atoms with Gasteiger partial charge >= 0.3 is 0 Å². The summed E-state index contributed by atoms with van der Waals surface area (Å²) >= 11 is 0. The van der Waals surface area contributed by atoms with Gasteiger partial charge in [0, 0.05) is 25.2 Å². The number of hydrogen-bond donors (Lipinski definition) is 2. The Morgan fingerprint density at radius 3 is 2.29 bits per heavy atom. The van der Waals surface area contributed by atoms with Gasteiger partial charge in [-0.1, -0.05) is 42.5 Å². The van der Waals surface area contributed by atoms with Gasteiger partial charge in [0.2, 0.25) is 0 Å². The number of halogens is 1. The summed E-state index contributed by atoms with van der Waals surface area (Å²) in [6, 6.07) is 15.8. The Balaban J connectivity index is 0.00000220. The second kappa shape index (κ2) is 8.36. The monoisotopic (exact) mass is 308 g/mol. The predicted molar refractivity (Wildman–Crippen MR) is 83.5 cm³/mol. The van der Waals surface area contributed by atoms with Crippen LogP contribution in [0.25, 0.3) is 0 Å². The van der Waals surface area contributed by atoms with Crippen LogP contribution >= 0.6 is 12.4 Å². The molecule has 2 aromatic rings. The van der Waals surface area contributed by atoms with Gasteiger partial charge < -0.3 is 10.4 Å². The lowest BCUT2D eigenvalue weighted by atomic mass is 10.1. The van der Waals surface area contributed by atoms with Gasteiger partial charge in [-0.2, -0.15) is 0 Å². The molecule has 6 heteroatoms. The Hall–Kier alpha value is -1.95. The molecule has 5 nitrogen and oxygen atoms in total. The molecule has 0 aromatic heterocycles. The minimum absolute atomic E-state index is 0. The summed E-state index contributed by atoms with van der Waals surface area (Å²) in [7, 11) is 0. The molecule has 0 spiro atoms.